The molecule has 124 valence electrons. The van der Waals surface area contributed by atoms with Gasteiger partial charge in [-0.3, -0.25) is 4.28 Å². The van der Waals surface area contributed by atoms with Gasteiger partial charge in [-0.1, -0.05) is 53.2 Å². The van der Waals surface area contributed by atoms with Gasteiger partial charge in [-0.25, -0.2) is 0 Å². The summed E-state index contributed by atoms with van der Waals surface area (Å²) in [5.41, 5.74) is 3.79. The van der Waals surface area contributed by atoms with E-state index in [1.807, 2.05) is 43.3 Å². The van der Waals surface area contributed by atoms with Gasteiger partial charge in [-0.15, -0.1) is 0 Å². The largest absolute Gasteiger partial charge is 0.358 e. The van der Waals surface area contributed by atoms with Crippen LogP contribution in [0.1, 0.15) is 30.4 Å². The zero-order valence-corrected chi connectivity index (χ0v) is 14.3. The van der Waals surface area contributed by atoms with Crippen LogP contribution in [-0.4, -0.2) is 14.1 Å². The third kappa shape index (κ3) is 3.92. The number of hydrogen-bond donors (Lipinski definition) is 0. The molecule has 2 aromatic rings. The maximum atomic E-state index is 12.2. The van der Waals surface area contributed by atoms with E-state index >= 15 is 0 Å². The standard InChI is InChI=1S/C19H19NO3S/c1-15-10-12-18(13-11-15)24(21,22)23-20-19-9-5-8-17(19)14-16-6-3-2-4-7-16/h2-4,6-7,10-14H,5,8-9H2,1H3/b17-14+,20-19-. The van der Waals surface area contributed by atoms with E-state index < -0.39 is 10.1 Å². The summed E-state index contributed by atoms with van der Waals surface area (Å²) in [7, 11) is -3.88. The van der Waals surface area contributed by atoms with Crippen molar-refractivity contribution < 1.29 is 12.7 Å². The smallest absolute Gasteiger partial charge is 0.265 e. The summed E-state index contributed by atoms with van der Waals surface area (Å²) in [6.45, 7) is 1.90. The first kappa shape index (κ1) is 16.5. The number of oxime groups is 1. The summed E-state index contributed by atoms with van der Waals surface area (Å²) in [6, 6.07) is 16.4. The van der Waals surface area contributed by atoms with Gasteiger partial charge in [0.1, 0.15) is 4.90 Å². The van der Waals surface area contributed by atoms with Gasteiger partial charge in [0.2, 0.25) is 0 Å². The third-order valence-electron chi connectivity index (χ3n) is 3.93. The summed E-state index contributed by atoms with van der Waals surface area (Å²) in [5.74, 6) is 0. The molecule has 0 aliphatic heterocycles. The maximum Gasteiger partial charge on any atom is 0.358 e. The highest BCUT2D eigenvalue weighted by Gasteiger charge is 2.20. The van der Waals surface area contributed by atoms with Crippen LogP contribution in [0.15, 0.2) is 70.2 Å². The van der Waals surface area contributed by atoms with Crippen molar-refractivity contribution in [2.45, 2.75) is 31.1 Å². The Balaban J connectivity index is 1.80. The SMILES string of the molecule is Cc1ccc(S(=O)(=O)O/N=C2/CCC/C2=C\c2ccccc2)cc1. The van der Waals surface area contributed by atoms with Crippen LogP contribution in [-0.2, 0) is 14.4 Å². The lowest BCUT2D eigenvalue weighted by molar-refractivity contribution is 0.338. The molecule has 0 unspecified atom stereocenters. The minimum Gasteiger partial charge on any atom is -0.265 e. The highest BCUT2D eigenvalue weighted by Crippen LogP contribution is 2.25. The quantitative estimate of drug-likeness (QED) is 0.778. The Hall–Kier alpha value is -2.40. The fraction of sp³-hybridized carbons (Fsp3) is 0.211. The fourth-order valence-corrected chi connectivity index (χ4v) is 3.35. The zero-order valence-electron chi connectivity index (χ0n) is 13.5. The van der Waals surface area contributed by atoms with Gasteiger partial charge in [-0.2, -0.15) is 8.42 Å². The van der Waals surface area contributed by atoms with E-state index in [0.717, 1.165) is 36.0 Å². The summed E-state index contributed by atoms with van der Waals surface area (Å²) in [6.07, 6.45) is 4.59. The number of rotatable bonds is 4. The first-order valence-electron chi connectivity index (χ1n) is 7.88. The van der Waals surface area contributed by atoms with Gasteiger partial charge in [0.15, 0.2) is 0 Å². The van der Waals surface area contributed by atoms with Crippen molar-refractivity contribution in [2.24, 2.45) is 5.16 Å². The molecule has 0 N–H and O–H groups in total. The van der Waals surface area contributed by atoms with Crippen LogP contribution < -0.4 is 0 Å². The van der Waals surface area contributed by atoms with Crippen molar-refractivity contribution in [3.63, 3.8) is 0 Å². The van der Waals surface area contributed by atoms with Crippen molar-refractivity contribution in [2.75, 3.05) is 0 Å². The molecule has 2 aromatic carbocycles. The Labute approximate surface area is 142 Å². The molecule has 1 aliphatic carbocycles. The van der Waals surface area contributed by atoms with Crippen molar-refractivity contribution in [1.29, 1.82) is 0 Å². The van der Waals surface area contributed by atoms with E-state index in [9.17, 15) is 8.42 Å². The molecule has 0 heterocycles. The Morgan fingerprint density at radius 1 is 1.00 bits per heavy atom. The van der Waals surface area contributed by atoms with Gasteiger partial charge in [0, 0.05) is 0 Å². The normalized spacial score (nSPS) is 18.2. The van der Waals surface area contributed by atoms with Crippen molar-refractivity contribution in [1.82, 2.24) is 0 Å². The molecule has 0 atom stereocenters. The average molecular weight is 341 g/mol. The third-order valence-corrected chi connectivity index (χ3v) is 5.05. The lowest BCUT2D eigenvalue weighted by Gasteiger charge is -2.04. The lowest BCUT2D eigenvalue weighted by Crippen LogP contribution is -2.05. The van der Waals surface area contributed by atoms with Crippen LogP contribution in [0.25, 0.3) is 6.08 Å². The van der Waals surface area contributed by atoms with Gasteiger partial charge in [-0.05, 0) is 55.5 Å². The lowest BCUT2D eigenvalue weighted by atomic mass is 10.1. The molecule has 1 saturated carbocycles. The van der Waals surface area contributed by atoms with E-state index in [1.54, 1.807) is 12.1 Å². The molecule has 0 saturated heterocycles. The zero-order chi connectivity index (χ0) is 17.0. The molecule has 0 bridgehead atoms. The van der Waals surface area contributed by atoms with Gasteiger partial charge >= 0.3 is 10.1 Å². The molecule has 0 spiro atoms. The van der Waals surface area contributed by atoms with Crippen LogP contribution in [0, 0.1) is 6.92 Å². The topological polar surface area (TPSA) is 55.7 Å². The molecule has 0 aromatic heterocycles. The Morgan fingerprint density at radius 2 is 1.71 bits per heavy atom. The summed E-state index contributed by atoms with van der Waals surface area (Å²) < 4.78 is 29.4. The van der Waals surface area contributed by atoms with Crippen LogP contribution in [0.4, 0.5) is 0 Å². The highest BCUT2D eigenvalue weighted by atomic mass is 32.2. The molecular weight excluding hydrogens is 322 g/mol. The monoisotopic (exact) mass is 341 g/mol. The van der Waals surface area contributed by atoms with Gasteiger partial charge in [0.05, 0.1) is 5.71 Å². The maximum absolute atomic E-state index is 12.2. The second-order valence-corrected chi connectivity index (χ2v) is 7.34. The molecule has 5 heteroatoms. The number of allylic oxidation sites excluding steroid dienone is 1. The van der Waals surface area contributed by atoms with Gasteiger partial charge < -0.3 is 0 Å². The van der Waals surface area contributed by atoms with E-state index in [4.69, 9.17) is 4.28 Å². The van der Waals surface area contributed by atoms with E-state index in [2.05, 4.69) is 5.16 Å². The van der Waals surface area contributed by atoms with Crippen LogP contribution in [0.5, 0.6) is 0 Å². The average Bonchev–Trinajstić information content (AvgIpc) is 3.02. The van der Waals surface area contributed by atoms with Crippen LogP contribution in [0.3, 0.4) is 0 Å². The summed E-state index contributed by atoms with van der Waals surface area (Å²) in [5, 5.41) is 3.93. The van der Waals surface area contributed by atoms with E-state index in [0.29, 0.717) is 5.71 Å². The Bertz CT molecular complexity index is 867. The molecule has 1 fully saturated rings. The fourth-order valence-electron chi connectivity index (χ4n) is 2.60. The number of aryl methyl sites for hydroxylation is 1. The summed E-state index contributed by atoms with van der Waals surface area (Å²) in [4.78, 5) is 0.115. The van der Waals surface area contributed by atoms with Crippen LogP contribution >= 0.6 is 0 Å². The minimum atomic E-state index is -3.88. The van der Waals surface area contributed by atoms with Crippen molar-refractivity contribution in [3.05, 3.63) is 71.3 Å². The molecule has 3 rings (SSSR count). The Morgan fingerprint density at radius 3 is 2.42 bits per heavy atom. The number of benzene rings is 2. The number of nitrogens with zero attached hydrogens (tertiary/aromatic N) is 1. The first-order chi connectivity index (χ1) is 11.5. The molecule has 1 aliphatic rings. The molecular formula is C19H19NO3S. The first-order valence-corrected chi connectivity index (χ1v) is 9.29. The predicted octanol–water partition coefficient (Wildman–Crippen LogP) is 4.32. The van der Waals surface area contributed by atoms with Crippen molar-refractivity contribution >= 4 is 21.9 Å². The molecule has 24 heavy (non-hydrogen) atoms. The second kappa shape index (κ2) is 7.01. The van der Waals surface area contributed by atoms with Gasteiger partial charge in [0.25, 0.3) is 0 Å². The highest BCUT2D eigenvalue weighted by molar-refractivity contribution is 7.86. The Kier molecular flexibility index (Phi) is 4.81. The molecule has 0 radical (unpaired) electrons. The van der Waals surface area contributed by atoms with E-state index in [-0.39, 0.29) is 4.90 Å². The molecule has 0 amide bonds. The minimum absolute atomic E-state index is 0.115. The second-order valence-electron chi connectivity index (χ2n) is 5.81. The van der Waals surface area contributed by atoms with E-state index in [1.165, 1.54) is 12.1 Å². The predicted molar refractivity (Wildman–Crippen MR) is 95.2 cm³/mol. The molecule has 4 nitrogen and oxygen atoms in total. The van der Waals surface area contributed by atoms with Crippen molar-refractivity contribution in [3.8, 4) is 0 Å². The van der Waals surface area contributed by atoms with Crippen LogP contribution in [0.2, 0.25) is 0 Å². The number of hydrogen-bond acceptors (Lipinski definition) is 4. The summed E-state index contributed by atoms with van der Waals surface area (Å²) >= 11 is 0.